The molecule has 0 aromatic carbocycles. The molecular weight excluding hydrogens is 355 g/mol. The van der Waals surface area contributed by atoms with Gasteiger partial charge >= 0.3 is 74.8 Å². The summed E-state index contributed by atoms with van der Waals surface area (Å²) in [6.07, 6.45) is 0. The molecule has 1 atom stereocenters. The molecule has 0 aliphatic carbocycles. The van der Waals surface area contributed by atoms with Crippen molar-refractivity contribution in [3.63, 3.8) is 0 Å². The SMILES string of the molecule is O=P(O)(O)OP(=O)(O)OCCO.O=P([O-])([O-])O.[Na+].[Na+]. The topological polar surface area (TPSA) is 217 Å². The minimum atomic E-state index is -5.14. The van der Waals surface area contributed by atoms with E-state index in [9.17, 15) is 9.13 Å². The van der Waals surface area contributed by atoms with Crippen LogP contribution >= 0.6 is 23.5 Å². The summed E-state index contributed by atoms with van der Waals surface area (Å²) in [7, 11) is -14.9. The predicted octanol–water partition coefficient (Wildman–Crippen LogP) is -8.98. The van der Waals surface area contributed by atoms with Crippen LogP contribution in [0.3, 0.4) is 0 Å². The van der Waals surface area contributed by atoms with Crippen LogP contribution in [0.5, 0.6) is 0 Å². The minimum Gasteiger partial charge on any atom is -0.790 e. The van der Waals surface area contributed by atoms with Gasteiger partial charge in [0.05, 0.1) is 21.0 Å². The maximum Gasteiger partial charge on any atom is 1.00 e. The van der Waals surface area contributed by atoms with Crippen LogP contribution in [0.15, 0.2) is 0 Å². The van der Waals surface area contributed by atoms with Crippen molar-refractivity contribution in [1.82, 2.24) is 0 Å². The maximum absolute atomic E-state index is 10.5. The van der Waals surface area contributed by atoms with Gasteiger partial charge in [-0.1, -0.05) is 0 Å². The molecule has 0 aromatic rings. The fourth-order valence-electron chi connectivity index (χ4n) is 0.314. The molecule has 106 valence electrons. The first-order valence-electron chi connectivity index (χ1n) is 3.37. The Morgan fingerprint density at radius 3 is 1.47 bits per heavy atom. The molecule has 5 N–H and O–H groups in total. The van der Waals surface area contributed by atoms with Crippen molar-refractivity contribution in [3.8, 4) is 0 Å². The van der Waals surface area contributed by atoms with E-state index < -0.39 is 36.7 Å². The van der Waals surface area contributed by atoms with Crippen molar-refractivity contribution in [1.29, 1.82) is 0 Å². The Bertz CT molecular complexity index is 337. The number of aliphatic hydroxyl groups is 1. The summed E-state index contributed by atoms with van der Waals surface area (Å²) in [6, 6.07) is 0. The summed E-state index contributed by atoms with van der Waals surface area (Å²) in [6.45, 7) is -1.11. The fraction of sp³-hybridized carbons (Fsp3) is 1.00. The smallest absolute Gasteiger partial charge is 0.790 e. The number of hydrogen-bond acceptors (Lipinski definition) is 8. The molecule has 0 rings (SSSR count). The Balaban J connectivity index is -0.000000139. The molecule has 1 unspecified atom stereocenters. The van der Waals surface area contributed by atoms with Crippen molar-refractivity contribution in [2.45, 2.75) is 0 Å². The third kappa shape index (κ3) is 38.4. The monoisotopic (exact) mass is 364 g/mol. The molecule has 0 aliphatic rings. The fourth-order valence-corrected chi connectivity index (χ4v) is 1.89. The van der Waals surface area contributed by atoms with Crippen LogP contribution in [0.25, 0.3) is 0 Å². The van der Waals surface area contributed by atoms with E-state index in [0.29, 0.717) is 0 Å². The summed E-state index contributed by atoms with van der Waals surface area (Å²) in [5.41, 5.74) is 0. The standard InChI is InChI=1S/C2H8O8P2.2Na.H3O4P/c3-1-2-9-12(7,8)10-11(4,5)6;;;1-5(2,3)4/h3H,1-2H2,(H,7,8)(H2,4,5,6);;;(H3,1,2,3,4)/q;2*+1;/p-2. The van der Waals surface area contributed by atoms with Crippen LogP contribution in [-0.2, 0) is 22.5 Å². The molecule has 0 heterocycles. The Morgan fingerprint density at radius 1 is 0.947 bits per heavy atom. The van der Waals surface area contributed by atoms with E-state index in [2.05, 4.69) is 8.83 Å². The van der Waals surface area contributed by atoms with Crippen molar-refractivity contribution in [3.05, 3.63) is 0 Å². The molecule has 0 radical (unpaired) electrons. The van der Waals surface area contributed by atoms with Crippen molar-refractivity contribution >= 4 is 23.5 Å². The van der Waals surface area contributed by atoms with Crippen LogP contribution in [0.2, 0.25) is 0 Å². The molecular formula is C2H9Na2O12P3. The predicted molar refractivity (Wildman–Crippen MR) is 45.8 cm³/mol. The zero-order valence-corrected chi connectivity index (χ0v) is 16.5. The third-order valence-electron chi connectivity index (χ3n) is 0.555. The number of phosphoric acid groups is 3. The van der Waals surface area contributed by atoms with E-state index in [-0.39, 0.29) is 59.1 Å². The van der Waals surface area contributed by atoms with E-state index in [1.54, 1.807) is 0 Å². The Hall–Kier alpha value is 2.33. The molecule has 12 nitrogen and oxygen atoms in total. The van der Waals surface area contributed by atoms with Crippen LogP contribution in [-0.4, -0.2) is 37.9 Å². The van der Waals surface area contributed by atoms with E-state index >= 15 is 0 Å². The van der Waals surface area contributed by atoms with E-state index in [1.165, 1.54) is 0 Å². The van der Waals surface area contributed by atoms with E-state index in [0.717, 1.165) is 0 Å². The quantitative estimate of drug-likeness (QED) is 0.227. The van der Waals surface area contributed by atoms with E-state index in [4.69, 9.17) is 39.0 Å². The first-order chi connectivity index (χ1) is 7.27. The minimum absolute atomic E-state index is 0. The van der Waals surface area contributed by atoms with Gasteiger partial charge in [0.1, 0.15) is 0 Å². The summed E-state index contributed by atoms with van der Waals surface area (Å²) in [4.78, 5) is 48.9. The Labute approximate surface area is 151 Å². The Morgan fingerprint density at radius 2 is 1.26 bits per heavy atom. The molecule has 0 aliphatic heterocycles. The van der Waals surface area contributed by atoms with Crippen molar-refractivity contribution < 1.29 is 116 Å². The number of hydrogen-bond donors (Lipinski definition) is 5. The van der Waals surface area contributed by atoms with E-state index in [1.807, 2.05) is 0 Å². The van der Waals surface area contributed by atoms with Crippen LogP contribution in [0.1, 0.15) is 0 Å². The van der Waals surface area contributed by atoms with Crippen LogP contribution in [0.4, 0.5) is 0 Å². The molecule has 0 spiro atoms. The van der Waals surface area contributed by atoms with Gasteiger partial charge < -0.3 is 39.0 Å². The number of rotatable bonds is 5. The normalized spacial score (nSPS) is 14.1. The van der Waals surface area contributed by atoms with Crippen LogP contribution in [0, 0.1) is 0 Å². The summed E-state index contributed by atoms with van der Waals surface area (Å²) < 4.78 is 36.4. The maximum atomic E-state index is 10.5. The molecule has 0 saturated carbocycles. The van der Waals surface area contributed by atoms with Gasteiger partial charge in [0.15, 0.2) is 0 Å². The first-order valence-corrected chi connectivity index (χ1v) is 7.89. The van der Waals surface area contributed by atoms with Gasteiger partial charge in [-0.3, -0.25) is 4.52 Å². The average Bonchev–Trinajstić information content (AvgIpc) is 1.92. The van der Waals surface area contributed by atoms with Crippen LogP contribution < -0.4 is 68.9 Å². The summed E-state index contributed by atoms with van der Waals surface area (Å²) >= 11 is 0. The summed E-state index contributed by atoms with van der Waals surface area (Å²) in [5, 5.41) is 8.12. The van der Waals surface area contributed by atoms with Gasteiger partial charge in [-0.25, -0.2) is 9.13 Å². The second-order valence-electron chi connectivity index (χ2n) is 2.07. The molecule has 17 heteroatoms. The second-order valence-corrected chi connectivity index (χ2v) is 5.83. The molecule has 0 aromatic heterocycles. The van der Waals surface area contributed by atoms with Crippen molar-refractivity contribution in [2.24, 2.45) is 0 Å². The number of phosphoric ester groups is 1. The van der Waals surface area contributed by atoms with Gasteiger partial charge in [0, 0.05) is 0 Å². The van der Waals surface area contributed by atoms with Gasteiger partial charge in [-0.15, -0.1) is 0 Å². The zero-order valence-electron chi connectivity index (χ0n) is 9.85. The van der Waals surface area contributed by atoms with Gasteiger partial charge in [0.25, 0.3) is 0 Å². The molecule has 19 heavy (non-hydrogen) atoms. The summed E-state index contributed by atoms with van der Waals surface area (Å²) in [5.74, 6) is 0. The Kier molecular flexibility index (Phi) is 19.8. The second kappa shape index (κ2) is 12.8. The molecule has 0 saturated heterocycles. The molecule has 0 amide bonds. The third-order valence-corrected chi connectivity index (χ3v) is 2.74. The van der Waals surface area contributed by atoms with Crippen molar-refractivity contribution in [2.75, 3.05) is 13.2 Å². The number of aliphatic hydroxyl groups excluding tert-OH is 1. The van der Waals surface area contributed by atoms with Gasteiger partial charge in [0.2, 0.25) is 0 Å². The first kappa shape index (κ1) is 29.4. The zero-order chi connectivity index (χ0) is 14.3. The average molecular weight is 364 g/mol. The van der Waals surface area contributed by atoms with Gasteiger partial charge in [-0.2, -0.15) is 4.31 Å². The molecule has 0 bridgehead atoms. The largest absolute Gasteiger partial charge is 1.00 e. The van der Waals surface area contributed by atoms with Gasteiger partial charge in [-0.05, 0) is 0 Å². The molecule has 0 fully saturated rings.